The maximum Gasteiger partial charge on any atom is 0.416 e. The van der Waals surface area contributed by atoms with E-state index in [4.69, 9.17) is 0 Å². The molecule has 4 rings (SSSR count). The van der Waals surface area contributed by atoms with Crippen molar-refractivity contribution >= 4 is 11.8 Å². The summed E-state index contributed by atoms with van der Waals surface area (Å²) in [4.78, 5) is 32.1. The standard InChI is InChI=1S/C33H38F3N3O2/c1-24-21-26(23-29(22-24)33(34,35)36)15-18-37(3)31(41)30(27-11-7-5-8-12-27)39-19-16-32(17-20-39,38(4)25(2)40)28-13-9-6-10-14-28/h5-14,21-23,30H,15-20H2,1-4H3. The second-order valence-corrected chi connectivity index (χ2v) is 11.0. The Hall–Kier alpha value is -3.65. The predicted octanol–water partition coefficient (Wildman–Crippen LogP) is 6.23. The Kier molecular flexibility index (Phi) is 9.22. The van der Waals surface area contributed by atoms with Crippen LogP contribution in [0.2, 0.25) is 0 Å². The highest BCUT2D eigenvalue weighted by Crippen LogP contribution is 2.40. The zero-order valence-corrected chi connectivity index (χ0v) is 24.1. The largest absolute Gasteiger partial charge is 0.416 e. The summed E-state index contributed by atoms with van der Waals surface area (Å²) >= 11 is 0. The van der Waals surface area contributed by atoms with E-state index in [2.05, 4.69) is 17.0 Å². The van der Waals surface area contributed by atoms with E-state index in [1.807, 2.05) is 60.5 Å². The summed E-state index contributed by atoms with van der Waals surface area (Å²) in [6.45, 7) is 4.71. The van der Waals surface area contributed by atoms with Crippen LogP contribution in [0.25, 0.3) is 0 Å². The summed E-state index contributed by atoms with van der Waals surface area (Å²) in [6, 6.07) is 23.1. The first-order chi connectivity index (χ1) is 19.4. The summed E-state index contributed by atoms with van der Waals surface area (Å²) in [5.41, 5.74) is 1.89. The molecular formula is C33H38F3N3O2. The number of piperidine rings is 1. The number of likely N-dealkylation sites (N-methyl/N-ethyl adjacent to an activating group) is 1. The zero-order valence-electron chi connectivity index (χ0n) is 24.1. The van der Waals surface area contributed by atoms with Gasteiger partial charge in [0.1, 0.15) is 6.04 Å². The maximum atomic E-state index is 14.0. The zero-order chi connectivity index (χ0) is 29.8. The van der Waals surface area contributed by atoms with Crippen LogP contribution < -0.4 is 0 Å². The van der Waals surface area contributed by atoms with Crippen molar-refractivity contribution in [3.8, 4) is 0 Å². The third-order valence-corrected chi connectivity index (χ3v) is 8.34. The molecule has 1 aliphatic rings. The highest BCUT2D eigenvalue weighted by Gasteiger charge is 2.43. The van der Waals surface area contributed by atoms with E-state index in [0.29, 0.717) is 43.5 Å². The summed E-state index contributed by atoms with van der Waals surface area (Å²) in [5, 5.41) is 0. The van der Waals surface area contributed by atoms with Crippen molar-refractivity contribution in [2.45, 2.75) is 50.9 Å². The number of aryl methyl sites for hydroxylation is 1. The lowest BCUT2D eigenvalue weighted by molar-refractivity contribution is -0.141. The molecule has 1 saturated heterocycles. The minimum atomic E-state index is -4.42. The number of benzene rings is 3. The quantitative estimate of drug-likeness (QED) is 0.326. The lowest BCUT2D eigenvalue weighted by atomic mass is 9.78. The van der Waals surface area contributed by atoms with Gasteiger partial charge in [0.2, 0.25) is 11.8 Å². The molecule has 0 N–H and O–H groups in total. The summed E-state index contributed by atoms with van der Waals surface area (Å²) in [7, 11) is 3.55. The molecular weight excluding hydrogens is 527 g/mol. The summed E-state index contributed by atoms with van der Waals surface area (Å²) < 4.78 is 40.0. The minimum Gasteiger partial charge on any atom is -0.344 e. The normalized spacial score (nSPS) is 16.2. The number of amides is 2. The topological polar surface area (TPSA) is 43.9 Å². The lowest BCUT2D eigenvalue weighted by Gasteiger charge is -2.49. The number of hydrogen-bond donors (Lipinski definition) is 0. The molecule has 1 unspecified atom stereocenters. The molecule has 5 nitrogen and oxygen atoms in total. The molecule has 1 heterocycles. The van der Waals surface area contributed by atoms with Gasteiger partial charge < -0.3 is 9.80 Å². The van der Waals surface area contributed by atoms with Crippen LogP contribution in [0.1, 0.15) is 53.6 Å². The van der Waals surface area contributed by atoms with Crippen LogP contribution in [0.4, 0.5) is 13.2 Å². The molecule has 2 amide bonds. The Balaban J connectivity index is 1.55. The first kappa shape index (κ1) is 30.3. The van der Waals surface area contributed by atoms with E-state index in [-0.39, 0.29) is 18.4 Å². The van der Waals surface area contributed by atoms with Crippen LogP contribution in [-0.4, -0.2) is 60.2 Å². The van der Waals surface area contributed by atoms with Gasteiger partial charge in [-0.05, 0) is 55.0 Å². The van der Waals surface area contributed by atoms with E-state index in [9.17, 15) is 22.8 Å². The van der Waals surface area contributed by atoms with Crippen molar-refractivity contribution in [3.63, 3.8) is 0 Å². The second-order valence-electron chi connectivity index (χ2n) is 11.0. The van der Waals surface area contributed by atoms with E-state index >= 15 is 0 Å². The fourth-order valence-corrected chi connectivity index (χ4v) is 5.95. The van der Waals surface area contributed by atoms with Gasteiger partial charge in [0, 0.05) is 40.7 Å². The Bertz CT molecular complexity index is 1340. The molecule has 8 heteroatoms. The van der Waals surface area contributed by atoms with E-state index in [0.717, 1.165) is 17.2 Å². The molecule has 0 aromatic heterocycles. The number of likely N-dealkylation sites (tertiary alicyclic amines) is 1. The third-order valence-electron chi connectivity index (χ3n) is 8.34. The number of rotatable bonds is 8. The first-order valence-corrected chi connectivity index (χ1v) is 13.9. The van der Waals surface area contributed by atoms with Crippen molar-refractivity contribution in [2.24, 2.45) is 0 Å². The van der Waals surface area contributed by atoms with E-state index < -0.39 is 23.3 Å². The first-order valence-electron chi connectivity index (χ1n) is 13.9. The number of carbonyl (C=O) groups is 2. The van der Waals surface area contributed by atoms with Gasteiger partial charge in [-0.15, -0.1) is 0 Å². The number of hydrogen-bond acceptors (Lipinski definition) is 3. The lowest BCUT2D eigenvalue weighted by Crippen LogP contribution is -2.55. The van der Waals surface area contributed by atoms with Crippen molar-refractivity contribution in [3.05, 3.63) is 107 Å². The SMILES string of the molecule is CC(=O)N(C)C1(c2ccccc2)CCN(C(C(=O)N(C)CCc2cc(C)cc(C(F)(F)F)c2)c2ccccc2)CC1. The van der Waals surface area contributed by atoms with Crippen LogP contribution in [0, 0.1) is 6.92 Å². The molecule has 218 valence electrons. The molecule has 0 saturated carbocycles. The highest BCUT2D eigenvalue weighted by atomic mass is 19.4. The Morgan fingerprint density at radius 1 is 0.927 bits per heavy atom. The average molecular weight is 566 g/mol. The minimum absolute atomic E-state index is 0.0115. The van der Waals surface area contributed by atoms with Crippen LogP contribution in [0.5, 0.6) is 0 Å². The molecule has 3 aromatic carbocycles. The molecule has 1 atom stereocenters. The van der Waals surface area contributed by atoms with Gasteiger partial charge in [0.15, 0.2) is 0 Å². The van der Waals surface area contributed by atoms with Crippen molar-refractivity contribution in [1.82, 2.24) is 14.7 Å². The predicted molar refractivity (Wildman–Crippen MR) is 154 cm³/mol. The van der Waals surface area contributed by atoms with Gasteiger partial charge >= 0.3 is 6.18 Å². The van der Waals surface area contributed by atoms with Crippen molar-refractivity contribution in [2.75, 3.05) is 33.7 Å². The van der Waals surface area contributed by atoms with Crippen LogP contribution in [0.3, 0.4) is 0 Å². The number of nitrogens with zero attached hydrogens (tertiary/aromatic N) is 3. The fourth-order valence-electron chi connectivity index (χ4n) is 5.95. The Morgan fingerprint density at radius 2 is 1.51 bits per heavy atom. The smallest absolute Gasteiger partial charge is 0.344 e. The van der Waals surface area contributed by atoms with Crippen LogP contribution in [-0.2, 0) is 27.7 Å². The molecule has 41 heavy (non-hydrogen) atoms. The molecule has 3 aromatic rings. The average Bonchev–Trinajstić information content (AvgIpc) is 2.96. The molecule has 0 aliphatic carbocycles. The molecule has 0 spiro atoms. The second kappa shape index (κ2) is 12.5. The Labute approximate surface area is 240 Å². The highest BCUT2D eigenvalue weighted by molar-refractivity contribution is 5.83. The van der Waals surface area contributed by atoms with E-state index in [1.54, 1.807) is 31.9 Å². The van der Waals surface area contributed by atoms with Gasteiger partial charge in [0.05, 0.1) is 11.1 Å². The fraction of sp³-hybridized carbons (Fsp3) is 0.394. The number of halogens is 3. The van der Waals surface area contributed by atoms with Gasteiger partial charge in [0.25, 0.3) is 0 Å². The molecule has 1 aliphatic heterocycles. The van der Waals surface area contributed by atoms with Gasteiger partial charge in [-0.1, -0.05) is 72.3 Å². The van der Waals surface area contributed by atoms with Crippen molar-refractivity contribution < 1.29 is 22.8 Å². The Morgan fingerprint density at radius 3 is 2.07 bits per heavy atom. The van der Waals surface area contributed by atoms with Crippen molar-refractivity contribution in [1.29, 1.82) is 0 Å². The molecule has 0 radical (unpaired) electrons. The van der Waals surface area contributed by atoms with Crippen LogP contribution >= 0.6 is 0 Å². The van der Waals surface area contributed by atoms with Crippen LogP contribution in [0.15, 0.2) is 78.9 Å². The third kappa shape index (κ3) is 6.81. The maximum absolute atomic E-state index is 14.0. The number of carbonyl (C=O) groups excluding carboxylic acids is 2. The van der Waals surface area contributed by atoms with Gasteiger partial charge in [-0.25, -0.2) is 0 Å². The number of alkyl halides is 3. The molecule has 0 bridgehead atoms. The monoisotopic (exact) mass is 565 g/mol. The van der Waals surface area contributed by atoms with E-state index in [1.165, 1.54) is 6.07 Å². The summed E-state index contributed by atoms with van der Waals surface area (Å²) in [6.07, 6.45) is -2.77. The van der Waals surface area contributed by atoms with Gasteiger partial charge in [-0.3, -0.25) is 14.5 Å². The molecule has 1 fully saturated rings. The summed E-state index contributed by atoms with van der Waals surface area (Å²) in [5.74, 6) is -0.116. The van der Waals surface area contributed by atoms with Gasteiger partial charge in [-0.2, -0.15) is 13.2 Å².